The summed E-state index contributed by atoms with van der Waals surface area (Å²) in [6.07, 6.45) is 3.35. The molecule has 2 aromatic heterocycles. The first-order valence-corrected chi connectivity index (χ1v) is 10.3. The lowest BCUT2D eigenvalue weighted by atomic mass is 9.78. The molecule has 0 aliphatic carbocycles. The van der Waals surface area contributed by atoms with Crippen LogP contribution in [0, 0.1) is 17.0 Å². The molecule has 0 N–H and O–H groups in total. The van der Waals surface area contributed by atoms with Gasteiger partial charge in [0.2, 0.25) is 0 Å². The Morgan fingerprint density at radius 1 is 1.00 bits per heavy atom. The standard InChI is InChI=1S/C21H22F4N6/c22-14-1-2-17(15(23)9-14)30-8-5-21(13-30)3-6-29(7-4-21)19-11-26-16-10-27-31(12-18(24)25)20(16)28-19/h1-2,9-11,18H,3-8,12-13H2. The zero-order valence-corrected chi connectivity index (χ0v) is 16.8. The average molecular weight is 434 g/mol. The second-order valence-corrected chi connectivity index (χ2v) is 8.41. The quantitative estimate of drug-likeness (QED) is 0.584. The minimum atomic E-state index is -2.51. The van der Waals surface area contributed by atoms with Crippen LogP contribution in [-0.2, 0) is 6.54 Å². The Kier molecular flexibility index (Phi) is 4.94. The van der Waals surface area contributed by atoms with Crippen LogP contribution in [-0.4, -0.2) is 52.4 Å². The Morgan fingerprint density at radius 2 is 1.74 bits per heavy atom. The van der Waals surface area contributed by atoms with Crippen molar-refractivity contribution in [3.63, 3.8) is 0 Å². The third-order valence-electron chi connectivity index (χ3n) is 6.48. The fourth-order valence-corrected chi connectivity index (χ4v) is 4.75. The van der Waals surface area contributed by atoms with Crippen LogP contribution in [0.3, 0.4) is 0 Å². The summed E-state index contributed by atoms with van der Waals surface area (Å²) in [4.78, 5) is 13.0. The second-order valence-electron chi connectivity index (χ2n) is 8.41. The highest BCUT2D eigenvalue weighted by molar-refractivity contribution is 5.71. The van der Waals surface area contributed by atoms with E-state index in [-0.39, 0.29) is 5.41 Å². The molecule has 4 heterocycles. The molecular weight excluding hydrogens is 412 g/mol. The van der Waals surface area contributed by atoms with Gasteiger partial charge in [-0.25, -0.2) is 32.2 Å². The summed E-state index contributed by atoms with van der Waals surface area (Å²) in [5, 5.41) is 3.96. The molecule has 0 saturated carbocycles. The fraction of sp³-hybridized carbons (Fsp3) is 0.476. The SMILES string of the molecule is Fc1ccc(N2CCC3(CCN(c4cnc5cnn(CC(F)F)c5n4)CC3)C2)c(F)c1. The highest BCUT2D eigenvalue weighted by atomic mass is 19.3. The van der Waals surface area contributed by atoms with Crippen molar-refractivity contribution in [2.75, 3.05) is 36.0 Å². The molecule has 10 heteroatoms. The lowest BCUT2D eigenvalue weighted by Gasteiger charge is -2.39. The third-order valence-corrected chi connectivity index (χ3v) is 6.48. The van der Waals surface area contributed by atoms with Gasteiger partial charge in [-0.3, -0.25) is 0 Å². The Morgan fingerprint density at radius 3 is 2.45 bits per heavy atom. The van der Waals surface area contributed by atoms with Gasteiger partial charge in [-0.2, -0.15) is 5.10 Å². The van der Waals surface area contributed by atoms with Gasteiger partial charge in [0.15, 0.2) is 5.65 Å². The number of anilines is 2. The highest BCUT2D eigenvalue weighted by Crippen LogP contribution is 2.43. The Bertz CT molecular complexity index is 1090. The Balaban J connectivity index is 1.28. The number of hydrogen-bond acceptors (Lipinski definition) is 5. The van der Waals surface area contributed by atoms with E-state index in [9.17, 15) is 17.6 Å². The maximum atomic E-state index is 14.2. The van der Waals surface area contributed by atoms with Crippen molar-refractivity contribution in [1.82, 2.24) is 19.7 Å². The van der Waals surface area contributed by atoms with E-state index < -0.39 is 24.6 Å². The number of rotatable bonds is 4. The maximum Gasteiger partial charge on any atom is 0.258 e. The smallest absolute Gasteiger partial charge is 0.258 e. The number of halogens is 4. The van der Waals surface area contributed by atoms with E-state index in [0.717, 1.165) is 51.5 Å². The number of hydrogen-bond donors (Lipinski definition) is 0. The van der Waals surface area contributed by atoms with Gasteiger partial charge in [0, 0.05) is 32.2 Å². The van der Waals surface area contributed by atoms with Gasteiger partial charge in [-0.05, 0) is 36.8 Å². The van der Waals surface area contributed by atoms with Gasteiger partial charge >= 0.3 is 0 Å². The zero-order valence-electron chi connectivity index (χ0n) is 16.8. The number of fused-ring (bicyclic) bond motifs is 1. The first kappa shape index (κ1) is 20.0. The molecule has 1 aromatic carbocycles. The van der Waals surface area contributed by atoms with Gasteiger partial charge in [0.1, 0.15) is 29.5 Å². The van der Waals surface area contributed by atoms with Gasteiger partial charge in [0.05, 0.1) is 18.1 Å². The lowest BCUT2D eigenvalue weighted by molar-refractivity contribution is 0.123. The summed E-state index contributed by atoms with van der Waals surface area (Å²) < 4.78 is 54.2. The van der Waals surface area contributed by atoms with Crippen LogP contribution >= 0.6 is 0 Å². The number of aromatic nitrogens is 4. The number of nitrogens with zero attached hydrogens (tertiary/aromatic N) is 6. The van der Waals surface area contributed by atoms with E-state index in [1.54, 1.807) is 6.20 Å². The first-order valence-electron chi connectivity index (χ1n) is 10.3. The fourth-order valence-electron chi connectivity index (χ4n) is 4.75. The third kappa shape index (κ3) is 3.79. The minimum Gasteiger partial charge on any atom is -0.369 e. The molecule has 0 atom stereocenters. The van der Waals surface area contributed by atoms with Crippen molar-refractivity contribution in [3.05, 3.63) is 42.2 Å². The van der Waals surface area contributed by atoms with E-state index in [2.05, 4.69) is 20.0 Å². The van der Waals surface area contributed by atoms with E-state index in [1.807, 2.05) is 4.90 Å². The molecule has 0 amide bonds. The van der Waals surface area contributed by atoms with Crippen LogP contribution in [0.25, 0.3) is 11.2 Å². The molecular formula is C21H22F4N6. The second kappa shape index (κ2) is 7.65. The molecule has 3 aromatic rings. The lowest BCUT2D eigenvalue weighted by Crippen LogP contribution is -2.42. The Hall–Kier alpha value is -2.91. The monoisotopic (exact) mass is 434 g/mol. The molecule has 2 aliphatic heterocycles. The van der Waals surface area contributed by atoms with E-state index in [4.69, 9.17) is 0 Å². The maximum absolute atomic E-state index is 14.2. The highest BCUT2D eigenvalue weighted by Gasteiger charge is 2.41. The largest absolute Gasteiger partial charge is 0.369 e. The molecule has 5 rings (SSSR count). The van der Waals surface area contributed by atoms with Gasteiger partial charge in [-0.1, -0.05) is 0 Å². The van der Waals surface area contributed by atoms with Crippen LogP contribution in [0.15, 0.2) is 30.6 Å². The molecule has 1 spiro atoms. The van der Waals surface area contributed by atoms with Crippen LogP contribution in [0.5, 0.6) is 0 Å². The topological polar surface area (TPSA) is 50.1 Å². The molecule has 2 aliphatic rings. The molecule has 164 valence electrons. The van der Waals surface area contributed by atoms with Crippen molar-refractivity contribution in [3.8, 4) is 0 Å². The summed E-state index contributed by atoms with van der Waals surface area (Å²) in [7, 11) is 0. The molecule has 0 radical (unpaired) electrons. The van der Waals surface area contributed by atoms with Gasteiger partial charge in [0.25, 0.3) is 6.43 Å². The number of piperidine rings is 1. The van der Waals surface area contributed by atoms with Gasteiger partial charge in [-0.15, -0.1) is 0 Å². The van der Waals surface area contributed by atoms with Crippen molar-refractivity contribution >= 4 is 22.7 Å². The van der Waals surface area contributed by atoms with E-state index in [0.29, 0.717) is 22.7 Å². The first-order chi connectivity index (χ1) is 14.9. The predicted molar refractivity (Wildman–Crippen MR) is 108 cm³/mol. The van der Waals surface area contributed by atoms with Crippen molar-refractivity contribution in [2.45, 2.75) is 32.2 Å². The predicted octanol–water partition coefficient (Wildman–Crippen LogP) is 3.87. The van der Waals surface area contributed by atoms with Crippen molar-refractivity contribution in [2.24, 2.45) is 5.41 Å². The van der Waals surface area contributed by atoms with Crippen molar-refractivity contribution < 1.29 is 17.6 Å². The molecule has 2 fully saturated rings. The van der Waals surface area contributed by atoms with Crippen molar-refractivity contribution in [1.29, 1.82) is 0 Å². The molecule has 0 bridgehead atoms. The zero-order chi connectivity index (χ0) is 21.6. The van der Waals surface area contributed by atoms with Crippen LogP contribution in [0.4, 0.5) is 29.1 Å². The van der Waals surface area contributed by atoms with Crippen LogP contribution in [0.1, 0.15) is 19.3 Å². The Labute approximate surface area is 176 Å². The molecule has 6 nitrogen and oxygen atoms in total. The van der Waals surface area contributed by atoms with Crippen LogP contribution < -0.4 is 9.80 Å². The summed E-state index contributed by atoms with van der Waals surface area (Å²) in [6.45, 7) is 2.46. The summed E-state index contributed by atoms with van der Waals surface area (Å²) in [5.74, 6) is -0.451. The average Bonchev–Trinajstić information content (AvgIpc) is 3.33. The minimum absolute atomic E-state index is 0.0757. The van der Waals surface area contributed by atoms with E-state index >= 15 is 0 Å². The van der Waals surface area contributed by atoms with Gasteiger partial charge < -0.3 is 9.80 Å². The molecule has 31 heavy (non-hydrogen) atoms. The number of benzene rings is 1. The normalized spacial score (nSPS) is 18.6. The summed E-state index contributed by atoms with van der Waals surface area (Å²) in [6, 6.07) is 3.72. The number of alkyl halides is 2. The summed E-state index contributed by atoms with van der Waals surface area (Å²) in [5.41, 5.74) is 1.37. The van der Waals surface area contributed by atoms with Crippen LogP contribution in [0.2, 0.25) is 0 Å². The molecule has 0 unspecified atom stereocenters. The van der Waals surface area contributed by atoms with E-state index in [1.165, 1.54) is 23.0 Å². The molecule has 2 saturated heterocycles. The summed E-state index contributed by atoms with van der Waals surface area (Å²) >= 11 is 0.